The lowest BCUT2D eigenvalue weighted by Crippen LogP contribution is -2.29. The van der Waals surface area contributed by atoms with Gasteiger partial charge in [-0.15, -0.1) is 0 Å². The summed E-state index contributed by atoms with van der Waals surface area (Å²) in [5.41, 5.74) is 5.30. The van der Waals surface area contributed by atoms with Gasteiger partial charge in [-0.25, -0.2) is 4.79 Å². The van der Waals surface area contributed by atoms with Gasteiger partial charge in [0, 0.05) is 18.8 Å². The van der Waals surface area contributed by atoms with E-state index in [2.05, 4.69) is 27.6 Å². The number of hydrazone groups is 1. The zero-order chi connectivity index (χ0) is 15.1. The summed E-state index contributed by atoms with van der Waals surface area (Å²) in [4.78, 5) is 13.8. The van der Waals surface area contributed by atoms with Crippen LogP contribution in [0.2, 0.25) is 0 Å². The maximum absolute atomic E-state index is 11.4. The van der Waals surface area contributed by atoms with Gasteiger partial charge in [-0.3, -0.25) is 5.43 Å². The SMILES string of the molecule is CCOC(=O)/C(C)=N/Nc1ccc(N2CCCCC2)cc1. The molecule has 1 aromatic carbocycles. The van der Waals surface area contributed by atoms with Gasteiger partial charge in [-0.2, -0.15) is 5.10 Å². The van der Waals surface area contributed by atoms with Crippen LogP contribution in [0.5, 0.6) is 0 Å². The quantitative estimate of drug-likeness (QED) is 0.514. The molecule has 1 N–H and O–H groups in total. The van der Waals surface area contributed by atoms with E-state index < -0.39 is 5.97 Å². The second kappa shape index (κ2) is 7.67. The number of carbonyl (C=O) groups excluding carboxylic acids is 1. The number of anilines is 2. The monoisotopic (exact) mass is 289 g/mol. The van der Waals surface area contributed by atoms with Gasteiger partial charge < -0.3 is 9.64 Å². The first kappa shape index (κ1) is 15.4. The Morgan fingerprint density at radius 3 is 2.52 bits per heavy atom. The van der Waals surface area contributed by atoms with Crippen LogP contribution in [0.3, 0.4) is 0 Å². The standard InChI is InChI=1S/C16H23N3O2/c1-3-21-16(20)13(2)17-18-14-7-9-15(10-8-14)19-11-5-4-6-12-19/h7-10,18H,3-6,11-12H2,1-2H3/b17-13+. The van der Waals surface area contributed by atoms with Crippen molar-refractivity contribution >= 4 is 23.1 Å². The first-order valence-corrected chi connectivity index (χ1v) is 7.53. The van der Waals surface area contributed by atoms with Crippen LogP contribution >= 0.6 is 0 Å². The number of ether oxygens (including phenoxy) is 1. The van der Waals surface area contributed by atoms with Gasteiger partial charge in [-0.05, 0) is 57.4 Å². The van der Waals surface area contributed by atoms with Gasteiger partial charge in [0.25, 0.3) is 0 Å². The van der Waals surface area contributed by atoms with E-state index in [1.807, 2.05) is 12.1 Å². The van der Waals surface area contributed by atoms with Crippen molar-refractivity contribution in [1.82, 2.24) is 0 Å². The summed E-state index contributed by atoms with van der Waals surface area (Å²) >= 11 is 0. The molecule has 1 aliphatic heterocycles. The molecular weight excluding hydrogens is 266 g/mol. The molecule has 0 aliphatic carbocycles. The average Bonchev–Trinajstić information content (AvgIpc) is 2.54. The predicted octanol–water partition coefficient (Wildman–Crippen LogP) is 3.03. The number of hydrogen-bond donors (Lipinski definition) is 1. The molecule has 0 saturated carbocycles. The summed E-state index contributed by atoms with van der Waals surface area (Å²) in [6.07, 6.45) is 3.87. The zero-order valence-corrected chi connectivity index (χ0v) is 12.8. The van der Waals surface area contributed by atoms with E-state index in [9.17, 15) is 4.79 Å². The summed E-state index contributed by atoms with van der Waals surface area (Å²) in [6.45, 7) is 6.03. The minimum absolute atomic E-state index is 0.317. The molecule has 0 amide bonds. The third-order valence-electron chi connectivity index (χ3n) is 3.51. The van der Waals surface area contributed by atoms with Crippen LogP contribution < -0.4 is 10.3 Å². The molecule has 1 heterocycles. The predicted molar refractivity (Wildman–Crippen MR) is 85.9 cm³/mol. The van der Waals surface area contributed by atoms with Crippen LogP contribution in [0.15, 0.2) is 29.4 Å². The van der Waals surface area contributed by atoms with Crippen molar-refractivity contribution in [2.45, 2.75) is 33.1 Å². The van der Waals surface area contributed by atoms with Gasteiger partial charge in [-0.1, -0.05) is 0 Å². The summed E-state index contributed by atoms with van der Waals surface area (Å²) in [6, 6.07) is 8.13. The van der Waals surface area contributed by atoms with Gasteiger partial charge >= 0.3 is 5.97 Å². The normalized spacial score (nSPS) is 15.7. The molecule has 0 atom stereocenters. The molecule has 21 heavy (non-hydrogen) atoms. The largest absolute Gasteiger partial charge is 0.461 e. The number of rotatable bonds is 5. The van der Waals surface area contributed by atoms with Crippen molar-refractivity contribution < 1.29 is 9.53 Å². The lowest BCUT2D eigenvalue weighted by atomic mass is 10.1. The highest BCUT2D eigenvalue weighted by Crippen LogP contribution is 2.21. The topological polar surface area (TPSA) is 53.9 Å². The van der Waals surface area contributed by atoms with Crippen LogP contribution in [-0.2, 0) is 9.53 Å². The van der Waals surface area contributed by atoms with Gasteiger partial charge in [0.05, 0.1) is 12.3 Å². The molecule has 5 nitrogen and oxygen atoms in total. The van der Waals surface area contributed by atoms with Crippen molar-refractivity contribution in [3.63, 3.8) is 0 Å². The Bertz CT molecular complexity index is 491. The Kier molecular flexibility index (Phi) is 5.60. The van der Waals surface area contributed by atoms with E-state index in [-0.39, 0.29) is 0 Å². The second-order valence-corrected chi connectivity index (χ2v) is 5.12. The Balaban J connectivity index is 1.93. The number of benzene rings is 1. The Morgan fingerprint density at radius 1 is 1.24 bits per heavy atom. The molecule has 0 aromatic heterocycles. The molecule has 0 bridgehead atoms. The highest BCUT2D eigenvalue weighted by molar-refractivity contribution is 6.35. The van der Waals surface area contributed by atoms with Gasteiger partial charge in [0.15, 0.2) is 0 Å². The maximum Gasteiger partial charge on any atom is 0.354 e. The fourth-order valence-corrected chi connectivity index (χ4v) is 2.33. The Labute approximate surface area is 126 Å². The fourth-order valence-electron chi connectivity index (χ4n) is 2.33. The number of hydrogen-bond acceptors (Lipinski definition) is 5. The molecule has 1 saturated heterocycles. The summed E-state index contributed by atoms with van der Waals surface area (Å²) < 4.78 is 4.87. The first-order chi connectivity index (χ1) is 10.2. The number of esters is 1. The fraction of sp³-hybridized carbons (Fsp3) is 0.500. The number of carbonyl (C=O) groups is 1. The first-order valence-electron chi connectivity index (χ1n) is 7.53. The van der Waals surface area contributed by atoms with Crippen molar-refractivity contribution in [1.29, 1.82) is 0 Å². The van der Waals surface area contributed by atoms with E-state index in [0.29, 0.717) is 12.3 Å². The third kappa shape index (κ3) is 4.48. The highest BCUT2D eigenvalue weighted by Gasteiger charge is 2.10. The summed E-state index contributed by atoms with van der Waals surface area (Å²) in [7, 11) is 0. The molecule has 1 aliphatic rings. The number of nitrogens with one attached hydrogen (secondary N) is 1. The molecule has 1 fully saturated rings. The van der Waals surface area contributed by atoms with E-state index >= 15 is 0 Å². The second-order valence-electron chi connectivity index (χ2n) is 5.12. The zero-order valence-electron chi connectivity index (χ0n) is 12.8. The number of nitrogens with zero attached hydrogens (tertiary/aromatic N) is 2. The average molecular weight is 289 g/mol. The highest BCUT2D eigenvalue weighted by atomic mass is 16.5. The van der Waals surface area contributed by atoms with E-state index in [1.165, 1.54) is 24.9 Å². The lowest BCUT2D eigenvalue weighted by molar-refractivity contribution is -0.135. The van der Waals surface area contributed by atoms with Gasteiger partial charge in [0.1, 0.15) is 5.71 Å². The molecule has 1 aromatic rings. The molecule has 0 radical (unpaired) electrons. The summed E-state index contributed by atoms with van der Waals surface area (Å²) in [5.74, 6) is -0.394. The number of piperidine rings is 1. The summed E-state index contributed by atoms with van der Waals surface area (Å²) in [5, 5.41) is 4.03. The molecule has 114 valence electrons. The van der Waals surface area contributed by atoms with Crippen LogP contribution in [0.25, 0.3) is 0 Å². The van der Waals surface area contributed by atoms with Crippen LogP contribution in [-0.4, -0.2) is 31.4 Å². The van der Waals surface area contributed by atoms with Crippen molar-refractivity contribution in [2.75, 3.05) is 30.0 Å². The van der Waals surface area contributed by atoms with E-state index in [0.717, 1.165) is 18.8 Å². The molecule has 5 heteroatoms. The van der Waals surface area contributed by atoms with Crippen LogP contribution in [0.1, 0.15) is 33.1 Å². The Morgan fingerprint density at radius 2 is 1.90 bits per heavy atom. The van der Waals surface area contributed by atoms with Gasteiger partial charge in [0.2, 0.25) is 0 Å². The minimum atomic E-state index is -0.394. The van der Waals surface area contributed by atoms with Crippen molar-refractivity contribution in [2.24, 2.45) is 5.10 Å². The van der Waals surface area contributed by atoms with E-state index in [1.54, 1.807) is 13.8 Å². The van der Waals surface area contributed by atoms with Crippen molar-refractivity contribution in [3.05, 3.63) is 24.3 Å². The molecule has 0 unspecified atom stereocenters. The smallest absolute Gasteiger partial charge is 0.354 e. The van der Waals surface area contributed by atoms with E-state index in [4.69, 9.17) is 4.74 Å². The minimum Gasteiger partial charge on any atom is -0.461 e. The molecule has 2 rings (SSSR count). The van der Waals surface area contributed by atoms with Crippen LogP contribution in [0.4, 0.5) is 11.4 Å². The third-order valence-corrected chi connectivity index (χ3v) is 3.51. The molecular formula is C16H23N3O2. The lowest BCUT2D eigenvalue weighted by Gasteiger charge is -2.28. The van der Waals surface area contributed by atoms with Crippen molar-refractivity contribution in [3.8, 4) is 0 Å². The Hall–Kier alpha value is -2.04. The molecule has 0 spiro atoms. The van der Waals surface area contributed by atoms with Crippen LogP contribution in [0, 0.1) is 0 Å². The maximum atomic E-state index is 11.4.